The minimum Gasteiger partial charge on any atom is -0.496 e. The number of anilines is 1. The summed E-state index contributed by atoms with van der Waals surface area (Å²) in [5.41, 5.74) is 4.48. The molecule has 2 aromatic rings. The summed E-state index contributed by atoms with van der Waals surface area (Å²) >= 11 is 0. The second-order valence-electron chi connectivity index (χ2n) is 8.77. The highest BCUT2D eigenvalue weighted by atomic mass is 16.5. The molecular formula is C26H35N3O3. The van der Waals surface area contributed by atoms with Gasteiger partial charge in [0.2, 0.25) is 0 Å². The van der Waals surface area contributed by atoms with Crippen molar-refractivity contribution in [2.45, 2.75) is 38.1 Å². The molecule has 0 unspecified atom stereocenters. The number of benzene rings is 2. The number of carbonyl (C=O) groups is 1. The summed E-state index contributed by atoms with van der Waals surface area (Å²) in [5.74, 6) is 0.875. The first kappa shape index (κ1) is 22.5. The predicted octanol–water partition coefficient (Wildman–Crippen LogP) is 4.04. The first-order valence-electron chi connectivity index (χ1n) is 11.7. The second kappa shape index (κ2) is 10.3. The normalized spacial score (nSPS) is 17.4. The van der Waals surface area contributed by atoms with Gasteiger partial charge in [-0.25, -0.2) is 0 Å². The van der Waals surface area contributed by atoms with E-state index in [2.05, 4.69) is 40.4 Å². The van der Waals surface area contributed by atoms with Crippen LogP contribution in [0, 0.1) is 0 Å². The van der Waals surface area contributed by atoms with Gasteiger partial charge in [0, 0.05) is 25.8 Å². The maximum Gasteiger partial charge on any atom is 0.258 e. The van der Waals surface area contributed by atoms with Crippen molar-refractivity contribution in [1.82, 2.24) is 10.2 Å². The van der Waals surface area contributed by atoms with Crippen LogP contribution in [0.4, 0.5) is 5.69 Å². The van der Waals surface area contributed by atoms with E-state index < -0.39 is 0 Å². The number of aryl methyl sites for hydroxylation is 1. The molecule has 1 N–H and O–H groups in total. The Morgan fingerprint density at radius 2 is 1.72 bits per heavy atom. The molecule has 2 aliphatic rings. The van der Waals surface area contributed by atoms with Crippen LogP contribution in [0.2, 0.25) is 0 Å². The standard InChI is InChI=1S/C26H35N3O3/c1-28-14-8-9-19-17-20(12-13-21(19)28)22(29-15-5-4-6-16-29)18-27-26(30)25-23(31-2)10-7-11-24(25)32-3/h7,10-13,17,22H,4-6,8-9,14-16,18H2,1-3H3,(H,27,30)/t22-/m0/s1. The van der Waals surface area contributed by atoms with Crippen LogP contribution in [0.25, 0.3) is 0 Å². The molecule has 1 amide bonds. The lowest BCUT2D eigenvalue weighted by molar-refractivity contribution is 0.0918. The van der Waals surface area contributed by atoms with Crippen LogP contribution in [0.15, 0.2) is 36.4 Å². The van der Waals surface area contributed by atoms with Crippen LogP contribution in [-0.4, -0.2) is 58.3 Å². The zero-order valence-corrected chi connectivity index (χ0v) is 19.5. The molecule has 0 spiro atoms. The van der Waals surface area contributed by atoms with Gasteiger partial charge < -0.3 is 19.7 Å². The maximum atomic E-state index is 13.2. The number of nitrogens with zero attached hydrogens (tertiary/aromatic N) is 2. The van der Waals surface area contributed by atoms with Gasteiger partial charge in [-0.1, -0.05) is 24.6 Å². The molecule has 1 atom stereocenters. The summed E-state index contributed by atoms with van der Waals surface area (Å²) in [6, 6.07) is 12.4. The summed E-state index contributed by atoms with van der Waals surface area (Å²) in [6.45, 7) is 3.79. The molecule has 0 bridgehead atoms. The summed E-state index contributed by atoms with van der Waals surface area (Å²) in [6.07, 6.45) is 6.00. The van der Waals surface area contributed by atoms with Gasteiger partial charge in [0.1, 0.15) is 17.1 Å². The Hall–Kier alpha value is -2.73. The van der Waals surface area contributed by atoms with Gasteiger partial charge in [-0.05, 0) is 68.1 Å². The van der Waals surface area contributed by atoms with Crippen molar-refractivity contribution >= 4 is 11.6 Å². The van der Waals surface area contributed by atoms with Crippen molar-refractivity contribution in [3.05, 3.63) is 53.1 Å². The largest absolute Gasteiger partial charge is 0.496 e. The van der Waals surface area contributed by atoms with Crippen molar-refractivity contribution in [3.63, 3.8) is 0 Å². The van der Waals surface area contributed by atoms with Crippen molar-refractivity contribution in [2.75, 3.05) is 52.3 Å². The van der Waals surface area contributed by atoms with E-state index >= 15 is 0 Å². The lowest BCUT2D eigenvalue weighted by Crippen LogP contribution is -2.41. The van der Waals surface area contributed by atoms with Crippen molar-refractivity contribution in [3.8, 4) is 11.5 Å². The number of fused-ring (bicyclic) bond motifs is 1. The Morgan fingerprint density at radius 3 is 2.41 bits per heavy atom. The number of hydrogen-bond acceptors (Lipinski definition) is 5. The SMILES string of the molecule is COc1cccc(OC)c1C(=O)NC[C@@H](c1ccc2c(c1)CCCN2C)N1CCCCC1. The topological polar surface area (TPSA) is 54.0 Å². The fourth-order valence-corrected chi connectivity index (χ4v) is 5.05. The molecule has 32 heavy (non-hydrogen) atoms. The highest BCUT2D eigenvalue weighted by Crippen LogP contribution is 2.32. The van der Waals surface area contributed by atoms with Gasteiger partial charge in [0.25, 0.3) is 5.91 Å². The van der Waals surface area contributed by atoms with E-state index in [-0.39, 0.29) is 11.9 Å². The zero-order chi connectivity index (χ0) is 22.5. The van der Waals surface area contributed by atoms with Crippen LogP contribution in [-0.2, 0) is 6.42 Å². The summed E-state index contributed by atoms with van der Waals surface area (Å²) in [5, 5.41) is 3.18. The number of amides is 1. The number of carbonyl (C=O) groups excluding carboxylic acids is 1. The van der Waals surface area contributed by atoms with Crippen LogP contribution in [0.1, 0.15) is 53.2 Å². The first-order valence-corrected chi connectivity index (χ1v) is 11.7. The van der Waals surface area contributed by atoms with E-state index in [1.165, 1.54) is 42.5 Å². The van der Waals surface area contributed by atoms with Crippen LogP contribution >= 0.6 is 0 Å². The predicted molar refractivity (Wildman–Crippen MR) is 128 cm³/mol. The summed E-state index contributed by atoms with van der Waals surface area (Å²) in [4.78, 5) is 18.1. The first-order chi connectivity index (χ1) is 15.6. The van der Waals surface area contributed by atoms with Crippen LogP contribution in [0.3, 0.4) is 0 Å². The van der Waals surface area contributed by atoms with Gasteiger partial charge in [-0.15, -0.1) is 0 Å². The average molecular weight is 438 g/mol. The Kier molecular flexibility index (Phi) is 7.20. The Morgan fingerprint density at radius 1 is 1.00 bits per heavy atom. The van der Waals surface area contributed by atoms with Gasteiger partial charge in [-0.2, -0.15) is 0 Å². The molecule has 1 fully saturated rings. The van der Waals surface area contributed by atoms with Crippen molar-refractivity contribution < 1.29 is 14.3 Å². The van der Waals surface area contributed by atoms with Gasteiger partial charge in [-0.3, -0.25) is 9.69 Å². The molecule has 0 saturated carbocycles. The van der Waals surface area contributed by atoms with E-state index in [9.17, 15) is 4.79 Å². The van der Waals surface area contributed by atoms with Gasteiger partial charge in [0.15, 0.2) is 0 Å². The molecule has 0 radical (unpaired) electrons. The van der Waals surface area contributed by atoms with E-state index in [1.807, 2.05) is 6.07 Å². The summed E-state index contributed by atoms with van der Waals surface area (Å²) < 4.78 is 10.9. The lowest BCUT2D eigenvalue weighted by Gasteiger charge is -2.36. The van der Waals surface area contributed by atoms with Gasteiger partial charge in [0.05, 0.1) is 20.3 Å². The van der Waals surface area contributed by atoms with Crippen LogP contribution < -0.4 is 19.7 Å². The fraction of sp³-hybridized carbons (Fsp3) is 0.500. The third-order valence-electron chi connectivity index (χ3n) is 6.78. The minimum atomic E-state index is -0.168. The van der Waals surface area contributed by atoms with Crippen molar-refractivity contribution in [2.24, 2.45) is 0 Å². The monoisotopic (exact) mass is 437 g/mol. The van der Waals surface area contributed by atoms with E-state index in [4.69, 9.17) is 9.47 Å². The number of hydrogen-bond donors (Lipinski definition) is 1. The van der Waals surface area contributed by atoms with E-state index in [1.54, 1.807) is 26.4 Å². The molecule has 2 heterocycles. The fourth-order valence-electron chi connectivity index (χ4n) is 5.05. The molecule has 1 saturated heterocycles. The number of nitrogens with one attached hydrogen (secondary N) is 1. The molecule has 0 aliphatic carbocycles. The molecule has 6 heteroatoms. The average Bonchev–Trinajstić information content (AvgIpc) is 2.84. The Balaban J connectivity index is 1.58. The molecule has 2 aliphatic heterocycles. The molecule has 172 valence electrons. The van der Waals surface area contributed by atoms with E-state index in [0.29, 0.717) is 23.6 Å². The molecule has 2 aromatic carbocycles. The molecule has 0 aromatic heterocycles. The highest BCUT2D eigenvalue weighted by molar-refractivity contribution is 5.99. The minimum absolute atomic E-state index is 0.150. The van der Waals surface area contributed by atoms with Crippen LogP contribution in [0.5, 0.6) is 11.5 Å². The summed E-state index contributed by atoms with van der Waals surface area (Å²) in [7, 11) is 5.32. The number of ether oxygens (including phenoxy) is 2. The Bertz CT molecular complexity index is 918. The van der Waals surface area contributed by atoms with Gasteiger partial charge >= 0.3 is 0 Å². The molecular weight excluding hydrogens is 402 g/mol. The number of rotatable bonds is 7. The smallest absolute Gasteiger partial charge is 0.258 e. The quantitative estimate of drug-likeness (QED) is 0.708. The third kappa shape index (κ3) is 4.70. The number of methoxy groups -OCH3 is 2. The zero-order valence-electron chi connectivity index (χ0n) is 19.5. The lowest BCUT2D eigenvalue weighted by atomic mass is 9.95. The third-order valence-corrected chi connectivity index (χ3v) is 6.78. The Labute approximate surface area is 191 Å². The molecule has 4 rings (SSSR count). The second-order valence-corrected chi connectivity index (χ2v) is 8.77. The van der Waals surface area contributed by atoms with Crippen molar-refractivity contribution in [1.29, 1.82) is 0 Å². The van der Waals surface area contributed by atoms with E-state index in [0.717, 1.165) is 26.1 Å². The highest BCUT2D eigenvalue weighted by Gasteiger charge is 2.26. The maximum absolute atomic E-state index is 13.2. The number of likely N-dealkylation sites (tertiary alicyclic amines) is 1. The molecule has 6 nitrogen and oxygen atoms in total. The number of piperidine rings is 1.